The molecule has 0 saturated heterocycles. The van der Waals surface area contributed by atoms with Crippen LogP contribution in [-0.2, 0) is 10.1 Å². The smallest absolute Gasteiger partial charge is 0.474 e. The normalized spacial score (nSPS) is 10.8. The third kappa shape index (κ3) is 5.42. The molecular formula is C7H5Cl3NaO4S+. The van der Waals surface area contributed by atoms with Crippen LogP contribution >= 0.6 is 34.8 Å². The molecule has 0 spiro atoms. The Morgan fingerprint density at radius 2 is 1.62 bits per heavy atom. The van der Waals surface area contributed by atoms with Gasteiger partial charge < -0.3 is 4.74 Å². The predicted molar refractivity (Wildman–Crippen MR) is 58.5 cm³/mol. The standard InChI is InChI=1S/C7H5Cl3O4S.Na/c8-4-1-6(10)7(2-5(4)9)14-3-15(11,12)13;/h1-2H,3H2,(H,11,12,13);/q;+1. The molecule has 0 fully saturated rings. The third-order valence-electron chi connectivity index (χ3n) is 1.34. The first-order valence-electron chi connectivity index (χ1n) is 3.52. The Morgan fingerprint density at radius 3 is 2.12 bits per heavy atom. The molecular weight excluding hydrogens is 309 g/mol. The van der Waals surface area contributed by atoms with Crippen LogP contribution in [0.25, 0.3) is 0 Å². The zero-order valence-electron chi connectivity index (χ0n) is 8.08. The molecule has 16 heavy (non-hydrogen) atoms. The number of halogens is 3. The van der Waals surface area contributed by atoms with Gasteiger partial charge in [0.15, 0.2) is 0 Å². The van der Waals surface area contributed by atoms with Gasteiger partial charge in [-0.2, -0.15) is 8.42 Å². The molecule has 1 rings (SSSR count). The Labute approximate surface area is 130 Å². The molecule has 0 radical (unpaired) electrons. The van der Waals surface area contributed by atoms with E-state index in [0.29, 0.717) is 0 Å². The van der Waals surface area contributed by atoms with Gasteiger partial charge in [-0.25, -0.2) is 0 Å². The first-order chi connectivity index (χ1) is 6.79. The molecule has 9 heteroatoms. The van der Waals surface area contributed by atoms with Crippen molar-refractivity contribution in [3.63, 3.8) is 0 Å². The molecule has 0 aliphatic carbocycles. The van der Waals surface area contributed by atoms with Crippen LogP contribution in [0.3, 0.4) is 0 Å². The van der Waals surface area contributed by atoms with Crippen molar-refractivity contribution in [1.29, 1.82) is 0 Å². The Bertz CT molecular complexity index is 477. The van der Waals surface area contributed by atoms with Crippen LogP contribution in [0.15, 0.2) is 12.1 Å². The number of rotatable bonds is 3. The van der Waals surface area contributed by atoms with Crippen molar-refractivity contribution in [2.24, 2.45) is 0 Å². The average molecular weight is 315 g/mol. The first kappa shape index (κ1) is 16.8. The number of ether oxygens (including phenoxy) is 1. The second kappa shape index (κ2) is 6.66. The van der Waals surface area contributed by atoms with E-state index in [9.17, 15) is 8.42 Å². The summed E-state index contributed by atoms with van der Waals surface area (Å²) >= 11 is 17.0. The summed E-state index contributed by atoms with van der Waals surface area (Å²) in [6.45, 7) is 0. The fourth-order valence-corrected chi connectivity index (χ4v) is 1.62. The monoisotopic (exact) mass is 313 g/mol. The molecule has 1 aromatic carbocycles. The maximum Gasteiger partial charge on any atom is 1.00 e. The number of hydrogen-bond donors (Lipinski definition) is 1. The Morgan fingerprint density at radius 1 is 1.12 bits per heavy atom. The summed E-state index contributed by atoms with van der Waals surface area (Å²) in [5.74, 6) is -0.867. The van der Waals surface area contributed by atoms with Crippen molar-refractivity contribution < 1.29 is 47.3 Å². The van der Waals surface area contributed by atoms with Gasteiger partial charge >= 0.3 is 39.7 Å². The van der Waals surface area contributed by atoms with Gasteiger partial charge in [0.05, 0.1) is 15.1 Å². The molecule has 0 heterocycles. The van der Waals surface area contributed by atoms with Gasteiger partial charge in [-0.05, 0) is 6.07 Å². The minimum atomic E-state index is -4.22. The van der Waals surface area contributed by atoms with Gasteiger partial charge in [-0.3, -0.25) is 4.55 Å². The van der Waals surface area contributed by atoms with Gasteiger partial charge in [0.1, 0.15) is 5.75 Å². The quantitative estimate of drug-likeness (QED) is 0.480. The van der Waals surface area contributed by atoms with Gasteiger partial charge in [-0.1, -0.05) is 34.8 Å². The maximum atomic E-state index is 10.4. The second-order valence-corrected chi connectivity index (χ2v) is 5.16. The van der Waals surface area contributed by atoms with Crippen LogP contribution in [0.2, 0.25) is 15.1 Å². The van der Waals surface area contributed by atoms with Crippen molar-refractivity contribution in [2.75, 3.05) is 5.94 Å². The molecule has 84 valence electrons. The van der Waals surface area contributed by atoms with E-state index in [1.165, 1.54) is 12.1 Å². The molecule has 0 saturated carbocycles. The molecule has 0 aliphatic heterocycles. The third-order valence-corrected chi connectivity index (χ3v) is 2.77. The zero-order chi connectivity index (χ0) is 11.6. The van der Waals surface area contributed by atoms with Crippen LogP contribution in [0.4, 0.5) is 0 Å². The minimum absolute atomic E-state index is 0. The van der Waals surface area contributed by atoms with E-state index in [4.69, 9.17) is 44.1 Å². The van der Waals surface area contributed by atoms with E-state index in [2.05, 4.69) is 0 Å². The van der Waals surface area contributed by atoms with Gasteiger partial charge in [0, 0.05) is 6.07 Å². The summed E-state index contributed by atoms with van der Waals surface area (Å²) in [6, 6.07) is 2.57. The minimum Gasteiger partial charge on any atom is -0.474 e. The van der Waals surface area contributed by atoms with Crippen molar-refractivity contribution >= 4 is 44.9 Å². The van der Waals surface area contributed by atoms with Crippen molar-refractivity contribution in [2.45, 2.75) is 0 Å². The van der Waals surface area contributed by atoms with Gasteiger partial charge in [0.2, 0.25) is 5.94 Å². The molecule has 0 aliphatic rings. The Balaban J connectivity index is 0.00000225. The summed E-state index contributed by atoms with van der Waals surface area (Å²) in [5.41, 5.74) is 0. The van der Waals surface area contributed by atoms with Crippen molar-refractivity contribution in [3.8, 4) is 5.75 Å². The molecule has 0 aromatic heterocycles. The molecule has 1 N–H and O–H groups in total. The SMILES string of the molecule is O=S(=O)(O)COc1cc(Cl)c(Cl)cc1Cl.[Na+]. The average Bonchev–Trinajstić information content (AvgIpc) is 2.07. The van der Waals surface area contributed by atoms with Crippen LogP contribution in [0, 0.1) is 0 Å². The molecule has 0 amide bonds. The van der Waals surface area contributed by atoms with Crippen molar-refractivity contribution in [1.82, 2.24) is 0 Å². The van der Waals surface area contributed by atoms with E-state index in [-0.39, 0.29) is 50.4 Å². The van der Waals surface area contributed by atoms with Crippen LogP contribution in [0.1, 0.15) is 0 Å². The maximum absolute atomic E-state index is 10.4. The molecule has 0 atom stereocenters. The topological polar surface area (TPSA) is 63.6 Å². The van der Waals surface area contributed by atoms with E-state index in [1.54, 1.807) is 0 Å². The van der Waals surface area contributed by atoms with E-state index in [1.807, 2.05) is 0 Å². The largest absolute Gasteiger partial charge is 1.00 e. The molecule has 1 aromatic rings. The first-order valence-corrected chi connectivity index (χ1v) is 6.26. The van der Waals surface area contributed by atoms with Crippen LogP contribution in [0.5, 0.6) is 5.75 Å². The number of benzene rings is 1. The summed E-state index contributed by atoms with van der Waals surface area (Å²) < 4.78 is 34.0. The molecule has 0 bridgehead atoms. The van der Waals surface area contributed by atoms with E-state index in [0.717, 1.165) is 0 Å². The number of hydrogen-bond acceptors (Lipinski definition) is 3. The van der Waals surface area contributed by atoms with Crippen LogP contribution < -0.4 is 34.3 Å². The fourth-order valence-electron chi connectivity index (χ4n) is 0.753. The molecule has 4 nitrogen and oxygen atoms in total. The summed E-state index contributed by atoms with van der Waals surface area (Å²) in [5, 5.41) is 0.500. The van der Waals surface area contributed by atoms with E-state index >= 15 is 0 Å². The second-order valence-electron chi connectivity index (χ2n) is 2.54. The predicted octanol–water partition coefficient (Wildman–Crippen LogP) is -0.125. The van der Waals surface area contributed by atoms with Crippen LogP contribution in [-0.4, -0.2) is 18.9 Å². The van der Waals surface area contributed by atoms with Gasteiger partial charge in [0.25, 0.3) is 0 Å². The fraction of sp³-hybridized carbons (Fsp3) is 0.143. The summed E-state index contributed by atoms with van der Waals surface area (Å²) in [4.78, 5) is 0. The summed E-state index contributed by atoms with van der Waals surface area (Å²) in [6.07, 6.45) is 0. The summed E-state index contributed by atoms with van der Waals surface area (Å²) in [7, 11) is -4.22. The Kier molecular flexibility index (Phi) is 6.99. The zero-order valence-corrected chi connectivity index (χ0v) is 13.2. The van der Waals surface area contributed by atoms with E-state index < -0.39 is 16.1 Å². The molecule has 0 unspecified atom stereocenters. The Hall–Kier alpha value is 0.800. The van der Waals surface area contributed by atoms with Gasteiger partial charge in [-0.15, -0.1) is 0 Å². The van der Waals surface area contributed by atoms with Crippen molar-refractivity contribution in [3.05, 3.63) is 27.2 Å².